The van der Waals surface area contributed by atoms with Gasteiger partial charge in [0.2, 0.25) is 0 Å². The summed E-state index contributed by atoms with van der Waals surface area (Å²) in [6, 6.07) is 2.93. The minimum absolute atomic E-state index is 0.0806. The molecule has 4 heteroatoms. The van der Waals surface area contributed by atoms with E-state index in [2.05, 4.69) is 0 Å². The van der Waals surface area contributed by atoms with Crippen LogP contribution in [0.15, 0.2) is 12.1 Å². The molecule has 16 heavy (non-hydrogen) atoms. The van der Waals surface area contributed by atoms with Gasteiger partial charge in [0.15, 0.2) is 0 Å². The zero-order chi connectivity index (χ0) is 12.3. The minimum atomic E-state index is -1.08. The van der Waals surface area contributed by atoms with Crippen LogP contribution in [-0.4, -0.2) is 22.2 Å². The topological polar surface area (TPSA) is 74.6 Å². The van der Waals surface area contributed by atoms with Crippen molar-refractivity contribution in [3.8, 4) is 0 Å². The van der Waals surface area contributed by atoms with Gasteiger partial charge < -0.3 is 10.2 Å². The van der Waals surface area contributed by atoms with E-state index in [-0.39, 0.29) is 11.1 Å². The Morgan fingerprint density at radius 3 is 1.56 bits per heavy atom. The fraction of sp³-hybridized carbons (Fsp3) is 0.333. The number of carboxylic acid groups (broad SMARTS) is 2. The first-order chi connectivity index (χ1) is 7.51. The van der Waals surface area contributed by atoms with Gasteiger partial charge in [0.05, 0.1) is 11.1 Å². The van der Waals surface area contributed by atoms with Crippen LogP contribution >= 0.6 is 0 Å². The van der Waals surface area contributed by atoms with E-state index in [9.17, 15) is 9.59 Å². The number of carboxylic acids is 2. The van der Waals surface area contributed by atoms with Crippen molar-refractivity contribution < 1.29 is 19.8 Å². The van der Waals surface area contributed by atoms with Gasteiger partial charge in [0.25, 0.3) is 0 Å². The van der Waals surface area contributed by atoms with Gasteiger partial charge in [-0.3, -0.25) is 0 Å². The first kappa shape index (κ1) is 12.2. The summed E-state index contributed by atoms with van der Waals surface area (Å²) in [7, 11) is 0. The maximum atomic E-state index is 11.0. The third-order valence-corrected chi connectivity index (χ3v) is 2.55. The standard InChI is InChI=1S/C12H14O4/c1-3-7-5-8(4-2)10(12(15)16)6-9(7)11(13)14/h5-6H,3-4H2,1-2H3,(H,13,14)(H,15,16). The molecule has 1 aromatic rings. The summed E-state index contributed by atoms with van der Waals surface area (Å²) in [6.45, 7) is 3.70. The molecule has 4 nitrogen and oxygen atoms in total. The number of carbonyl (C=O) groups is 2. The van der Waals surface area contributed by atoms with Crippen LogP contribution in [0.25, 0.3) is 0 Å². The average molecular weight is 222 g/mol. The third kappa shape index (κ3) is 2.21. The first-order valence-corrected chi connectivity index (χ1v) is 5.13. The van der Waals surface area contributed by atoms with E-state index in [1.54, 1.807) is 6.07 Å². The molecule has 0 amide bonds. The Morgan fingerprint density at radius 1 is 0.938 bits per heavy atom. The van der Waals surface area contributed by atoms with Crippen LogP contribution in [0, 0.1) is 0 Å². The number of aryl methyl sites for hydroxylation is 2. The monoisotopic (exact) mass is 222 g/mol. The lowest BCUT2D eigenvalue weighted by Crippen LogP contribution is -2.09. The Labute approximate surface area is 93.5 Å². The van der Waals surface area contributed by atoms with E-state index in [1.807, 2.05) is 13.8 Å². The number of benzene rings is 1. The molecule has 86 valence electrons. The molecule has 0 spiro atoms. The van der Waals surface area contributed by atoms with Crippen LogP contribution in [-0.2, 0) is 12.8 Å². The summed E-state index contributed by atoms with van der Waals surface area (Å²) < 4.78 is 0. The predicted molar refractivity (Wildman–Crippen MR) is 59.1 cm³/mol. The summed E-state index contributed by atoms with van der Waals surface area (Å²) in [4.78, 5) is 21.9. The van der Waals surface area contributed by atoms with Crippen molar-refractivity contribution in [1.82, 2.24) is 0 Å². The Kier molecular flexibility index (Phi) is 3.66. The summed E-state index contributed by atoms with van der Waals surface area (Å²) in [5.74, 6) is -2.16. The van der Waals surface area contributed by atoms with E-state index in [4.69, 9.17) is 10.2 Å². The van der Waals surface area contributed by atoms with E-state index in [0.717, 1.165) is 0 Å². The maximum Gasteiger partial charge on any atom is 0.335 e. The first-order valence-electron chi connectivity index (χ1n) is 5.13. The molecule has 0 radical (unpaired) electrons. The molecule has 0 aliphatic heterocycles. The van der Waals surface area contributed by atoms with Gasteiger partial charge in [-0.15, -0.1) is 0 Å². The molecule has 0 fully saturated rings. The molecule has 1 rings (SSSR count). The summed E-state index contributed by atoms with van der Waals surface area (Å²) in [6.07, 6.45) is 1.16. The van der Waals surface area contributed by atoms with Crippen molar-refractivity contribution in [1.29, 1.82) is 0 Å². The van der Waals surface area contributed by atoms with Gasteiger partial charge in [0.1, 0.15) is 0 Å². The summed E-state index contributed by atoms with van der Waals surface area (Å²) in [5, 5.41) is 17.9. The average Bonchev–Trinajstić information content (AvgIpc) is 2.26. The van der Waals surface area contributed by atoms with Crippen LogP contribution in [0.4, 0.5) is 0 Å². The Hall–Kier alpha value is -1.84. The highest BCUT2D eigenvalue weighted by Crippen LogP contribution is 2.19. The smallest absolute Gasteiger partial charge is 0.335 e. The van der Waals surface area contributed by atoms with Gasteiger partial charge in [-0.05, 0) is 30.0 Å². The fourth-order valence-corrected chi connectivity index (χ4v) is 1.68. The molecular weight excluding hydrogens is 208 g/mol. The molecule has 2 N–H and O–H groups in total. The lowest BCUT2D eigenvalue weighted by molar-refractivity contribution is 0.0695. The molecule has 0 atom stereocenters. The molecule has 0 aliphatic carbocycles. The quantitative estimate of drug-likeness (QED) is 0.819. The van der Waals surface area contributed by atoms with Crippen LogP contribution in [0.3, 0.4) is 0 Å². The van der Waals surface area contributed by atoms with E-state index < -0.39 is 11.9 Å². The zero-order valence-electron chi connectivity index (χ0n) is 9.28. The molecule has 0 unspecified atom stereocenters. The zero-order valence-corrected chi connectivity index (χ0v) is 9.28. The van der Waals surface area contributed by atoms with E-state index in [0.29, 0.717) is 24.0 Å². The summed E-state index contributed by atoms with van der Waals surface area (Å²) >= 11 is 0. The second-order valence-corrected chi connectivity index (χ2v) is 3.48. The highest BCUT2D eigenvalue weighted by molar-refractivity contribution is 5.96. The van der Waals surface area contributed by atoms with Crippen molar-refractivity contribution in [3.05, 3.63) is 34.4 Å². The van der Waals surface area contributed by atoms with Crippen LogP contribution in [0.1, 0.15) is 45.7 Å². The maximum absolute atomic E-state index is 11.0. The van der Waals surface area contributed by atoms with Crippen molar-refractivity contribution in [2.45, 2.75) is 26.7 Å². The van der Waals surface area contributed by atoms with E-state index >= 15 is 0 Å². The van der Waals surface area contributed by atoms with Gasteiger partial charge in [-0.2, -0.15) is 0 Å². The molecule has 0 saturated carbocycles. The Bertz CT molecular complexity index is 398. The lowest BCUT2D eigenvalue weighted by Gasteiger charge is -2.09. The number of hydrogen-bond donors (Lipinski definition) is 2. The van der Waals surface area contributed by atoms with Gasteiger partial charge in [-0.1, -0.05) is 19.9 Å². The van der Waals surface area contributed by atoms with E-state index in [1.165, 1.54) is 6.07 Å². The molecule has 0 aliphatic rings. The second kappa shape index (κ2) is 4.79. The minimum Gasteiger partial charge on any atom is -0.478 e. The Morgan fingerprint density at radius 2 is 1.31 bits per heavy atom. The van der Waals surface area contributed by atoms with Crippen LogP contribution in [0.5, 0.6) is 0 Å². The van der Waals surface area contributed by atoms with Crippen molar-refractivity contribution in [3.63, 3.8) is 0 Å². The molecule has 0 heterocycles. The molecular formula is C12H14O4. The van der Waals surface area contributed by atoms with Crippen LogP contribution in [0.2, 0.25) is 0 Å². The largest absolute Gasteiger partial charge is 0.478 e. The van der Waals surface area contributed by atoms with Crippen LogP contribution < -0.4 is 0 Å². The highest BCUT2D eigenvalue weighted by Gasteiger charge is 2.16. The fourth-order valence-electron chi connectivity index (χ4n) is 1.68. The number of aromatic carboxylic acids is 2. The predicted octanol–water partition coefficient (Wildman–Crippen LogP) is 2.21. The SMILES string of the molecule is CCc1cc(CC)c(C(=O)O)cc1C(=O)O. The van der Waals surface area contributed by atoms with Crippen molar-refractivity contribution in [2.24, 2.45) is 0 Å². The van der Waals surface area contributed by atoms with Gasteiger partial charge in [0, 0.05) is 0 Å². The van der Waals surface area contributed by atoms with Crippen molar-refractivity contribution >= 4 is 11.9 Å². The normalized spacial score (nSPS) is 10.1. The highest BCUT2D eigenvalue weighted by atomic mass is 16.4. The third-order valence-electron chi connectivity index (χ3n) is 2.55. The van der Waals surface area contributed by atoms with Crippen molar-refractivity contribution in [2.75, 3.05) is 0 Å². The molecule has 0 saturated heterocycles. The number of rotatable bonds is 4. The van der Waals surface area contributed by atoms with Gasteiger partial charge in [-0.25, -0.2) is 9.59 Å². The molecule has 1 aromatic carbocycles. The second-order valence-electron chi connectivity index (χ2n) is 3.48. The Balaban J connectivity index is 3.46. The molecule has 0 bridgehead atoms. The summed E-state index contributed by atoms with van der Waals surface area (Å²) in [5.41, 5.74) is 1.51. The lowest BCUT2D eigenvalue weighted by atomic mass is 9.95. The molecule has 0 aromatic heterocycles. The van der Waals surface area contributed by atoms with Gasteiger partial charge >= 0.3 is 11.9 Å². The number of hydrogen-bond acceptors (Lipinski definition) is 2.